The molecule has 3 amide bonds. The van der Waals surface area contributed by atoms with Gasteiger partial charge in [0.05, 0.1) is 12.5 Å². The number of benzene rings is 1. The first kappa shape index (κ1) is 22.1. The number of likely N-dealkylation sites (N-methyl/N-ethyl adjacent to an activating group) is 1. The van der Waals surface area contributed by atoms with Gasteiger partial charge in [-0.15, -0.1) is 0 Å². The number of rotatable bonds is 6. The molecule has 3 heterocycles. The van der Waals surface area contributed by atoms with Gasteiger partial charge in [0.15, 0.2) is 0 Å². The van der Waals surface area contributed by atoms with Gasteiger partial charge in [-0.25, -0.2) is 9.78 Å². The average Bonchev–Trinajstić information content (AvgIpc) is 3.11. The van der Waals surface area contributed by atoms with Gasteiger partial charge >= 0.3 is 6.09 Å². The smallest absolute Gasteiger partial charge is 0.404 e. The van der Waals surface area contributed by atoms with Crippen molar-refractivity contribution in [2.24, 2.45) is 5.92 Å². The lowest BCUT2D eigenvalue weighted by atomic mass is 9.94. The molecule has 0 fully saturated rings. The van der Waals surface area contributed by atoms with E-state index in [1.165, 1.54) is 6.08 Å². The minimum absolute atomic E-state index is 0.0190. The van der Waals surface area contributed by atoms with Crippen LogP contribution >= 0.6 is 0 Å². The van der Waals surface area contributed by atoms with Gasteiger partial charge in [-0.2, -0.15) is 0 Å². The first-order chi connectivity index (χ1) is 15.8. The highest BCUT2D eigenvalue weighted by molar-refractivity contribution is 5.95. The number of carbonyl (C=O) groups excluding carboxylic acids is 2. The summed E-state index contributed by atoms with van der Waals surface area (Å²) < 4.78 is 5.89. The maximum absolute atomic E-state index is 12.6. The number of fused-ring (bicyclic) bond motifs is 2. The summed E-state index contributed by atoms with van der Waals surface area (Å²) in [6.07, 6.45) is 3.88. The van der Waals surface area contributed by atoms with Crippen molar-refractivity contribution in [3.05, 3.63) is 65.1 Å². The van der Waals surface area contributed by atoms with Gasteiger partial charge in [0.25, 0.3) is 0 Å². The molecule has 170 valence electrons. The molecule has 1 aliphatic heterocycles. The standard InChI is InChI=1S/C24H24N4O5/c1-14-18-5-3-4-6-19(18)33-20(14)13-28(2)21(29)8-7-15-9-16-10-17(12-26-24(31)32)23(30)27-22(16)25-11-15/h3-9,11,17,26H,10,12-13H2,1-2H3,(H,31,32)(H,25,27,30). The van der Waals surface area contributed by atoms with Crippen molar-refractivity contribution in [1.29, 1.82) is 0 Å². The maximum Gasteiger partial charge on any atom is 0.404 e. The summed E-state index contributed by atoms with van der Waals surface area (Å²) in [6.45, 7) is 2.34. The number of anilines is 1. The van der Waals surface area contributed by atoms with Crippen LogP contribution in [0.4, 0.5) is 10.6 Å². The lowest BCUT2D eigenvalue weighted by molar-refractivity contribution is -0.125. The SMILES string of the molecule is Cc1c(CN(C)C(=O)C=Cc2cnc3c(c2)CC(CNC(=O)O)C(=O)N3)oc2ccccc12. The monoisotopic (exact) mass is 448 g/mol. The molecule has 1 atom stereocenters. The topological polar surface area (TPSA) is 125 Å². The number of para-hydroxylation sites is 1. The van der Waals surface area contributed by atoms with E-state index in [-0.39, 0.29) is 18.4 Å². The van der Waals surface area contributed by atoms with E-state index in [1.54, 1.807) is 24.2 Å². The molecule has 0 saturated carbocycles. The fourth-order valence-electron chi connectivity index (χ4n) is 3.80. The van der Waals surface area contributed by atoms with E-state index in [0.29, 0.717) is 24.3 Å². The normalized spacial score (nSPS) is 15.3. The van der Waals surface area contributed by atoms with Gasteiger partial charge in [-0.05, 0) is 42.7 Å². The molecular weight excluding hydrogens is 424 g/mol. The lowest BCUT2D eigenvalue weighted by Crippen LogP contribution is -2.39. The van der Waals surface area contributed by atoms with E-state index in [0.717, 1.165) is 27.9 Å². The quantitative estimate of drug-likeness (QED) is 0.498. The van der Waals surface area contributed by atoms with Crippen LogP contribution in [0.15, 0.2) is 47.0 Å². The minimum atomic E-state index is -1.18. The fraction of sp³-hybridized carbons (Fsp3) is 0.250. The minimum Gasteiger partial charge on any atom is -0.465 e. The molecule has 3 aromatic rings. The van der Waals surface area contributed by atoms with Crippen molar-refractivity contribution >= 4 is 40.8 Å². The molecule has 9 heteroatoms. The Kier molecular flexibility index (Phi) is 6.12. The zero-order chi connectivity index (χ0) is 23.5. The molecule has 0 spiro atoms. The van der Waals surface area contributed by atoms with E-state index in [2.05, 4.69) is 15.6 Å². The number of nitrogens with zero attached hydrogens (tertiary/aromatic N) is 2. The number of furan rings is 1. The predicted octanol–water partition coefficient (Wildman–Crippen LogP) is 3.19. The zero-order valence-corrected chi connectivity index (χ0v) is 18.3. The molecule has 1 aromatic carbocycles. The summed E-state index contributed by atoms with van der Waals surface area (Å²) in [5.41, 5.74) is 3.30. The number of carboxylic acid groups (broad SMARTS) is 1. The summed E-state index contributed by atoms with van der Waals surface area (Å²) in [5, 5.41) is 14.7. The van der Waals surface area contributed by atoms with Crippen molar-refractivity contribution in [3.8, 4) is 0 Å². The molecule has 3 N–H and O–H groups in total. The molecular formula is C24H24N4O5. The van der Waals surface area contributed by atoms with Crippen LogP contribution in [0.1, 0.15) is 22.5 Å². The highest BCUT2D eigenvalue weighted by atomic mass is 16.4. The lowest BCUT2D eigenvalue weighted by Gasteiger charge is -2.23. The van der Waals surface area contributed by atoms with Crippen LogP contribution in [0, 0.1) is 12.8 Å². The first-order valence-electron chi connectivity index (χ1n) is 10.5. The number of nitrogens with one attached hydrogen (secondary N) is 2. The molecule has 4 rings (SSSR count). The zero-order valence-electron chi connectivity index (χ0n) is 18.3. The van der Waals surface area contributed by atoms with Gasteiger partial charge in [0.2, 0.25) is 11.8 Å². The van der Waals surface area contributed by atoms with Crippen LogP contribution in [0.2, 0.25) is 0 Å². The van der Waals surface area contributed by atoms with Crippen LogP contribution in [-0.4, -0.2) is 46.5 Å². The van der Waals surface area contributed by atoms with Crippen LogP contribution in [0.5, 0.6) is 0 Å². The van der Waals surface area contributed by atoms with Crippen molar-refractivity contribution < 1.29 is 23.9 Å². The molecule has 0 bridgehead atoms. The van der Waals surface area contributed by atoms with Gasteiger partial charge in [0, 0.05) is 36.8 Å². The molecule has 9 nitrogen and oxygen atoms in total. The Morgan fingerprint density at radius 3 is 2.91 bits per heavy atom. The number of aromatic nitrogens is 1. The molecule has 0 saturated heterocycles. The van der Waals surface area contributed by atoms with E-state index in [1.807, 2.05) is 37.3 Å². The summed E-state index contributed by atoms with van der Waals surface area (Å²) >= 11 is 0. The van der Waals surface area contributed by atoms with E-state index in [9.17, 15) is 14.4 Å². The second-order valence-corrected chi connectivity index (χ2v) is 8.03. The number of carbonyl (C=O) groups is 3. The summed E-state index contributed by atoms with van der Waals surface area (Å²) in [7, 11) is 1.71. The van der Waals surface area contributed by atoms with Crippen LogP contribution < -0.4 is 10.6 Å². The number of hydrogen-bond donors (Lipinski definition) is 3. The van der Waals surface area contributed by atoms with Crippen molar-refractivity contribution in [1.82, 2.24) is 15.2 Å². The second kappa shape index (κ2) is 9.15. The summed E-state index contributed by atoms with van der Waals surface area (Å²) in [6, 6.07) is 9.60. The van der Waals surface area contributed by atoms with E-state index in [4.69, 9.17) is 9.52 Å². The average molecular weight is 448 g/mol. The third-order valence-corrected chi connectivity index (χ3v) is 5.68. The Morgan fingerprint density at radius 2 is 2.15 bits per heavy atom. The molecule has 1 unspecified atom stereocenters. The molecule has 0 radical (unpaired) electrons. The van der Waals surface area contributed by atoms with E-state index >= 15 is 0 Å². The van der Waals surface area contributed by atoms with Gasteiger partial charge in [-0.3, -0.25) is 9.59 Å². The summed E-state index contributed by atoms with van der Waals surface area (Å²) in [5.74, 6) is 0.212. The predicted molar refractivity (Wildman–Crippen MR) is 123 cm³/mol. The number of amides is 3. The second-order valence-electron chi connectivity index (χ2n) is 8.03. The van der Waals surface area contributed by atoms with Gasteiger partial charge in [-0.1, -0.05) is 18.2 Å². The number of hydrogen-bond acceptors (Lipinski definition) is 5. The van der Waals surface area contributed by atoms with Crippen molar-refractivity contribution in [2.75, 3.05) is 18.9 Å². The highest BCUT2D eigenvalue weighted by Gasteiger charge is 2.27. The Hall–Kier alpha value is -4.14. The third kappa shape index (κ3) is 4.87. The van der Waals surface area contributed by atoms with Crippen LogP contribution in [0.3, 0.4) is 0 Å². The van der Waals surface area contributed by atoms with Gasteiger partial charge in [0.1, 0.15) is 17.2 Å². The number of pyridine rings is 1. The molecule has 2 aromatic heterocycles. The highest BCUT2D eigenvalue weighted by Crippen LogP contribution is 2.26. The van der Waals surface area contributed by atoms with Crippen molar-refractivity contribution in [2.45, 2.75) is 19.9 Å². The Bertz CT molecular complexity index is 1260. The Morgan fingerprint density at radius 1 is 1.36 bits per heavy atom. The van der Waals surface area contributed by atoms with E-state index < -0.39 is 12.0 Å². The third-order valence-electron chi connectivity index (χ3n) is 5.68. The maximum atomic E-state index is 12.6. The Labute approximate surface area is 190 Å². The van der Waals surface area contributed by atoms with Gasteiger partial charge < -0.3 is 25.1 Å². The number of aryl methyl sites for hydroxylation is 1. The molecule has 0 aliphatic carbocycles. The Balaban J connectivity index is 1.42. The van der Waals surface area contributed by atoms with Crippen LogP contribution in [0.25, 0.3) is 17.0 Å². The first-order valence-corrected chi connectivity index (χ1v) is 10.5. The van der Waals surface area contributed by atoms with Crippen molar-refractivity contribution in [3.63, 3.8) is 0 Å². The summed E-state index contributed by atoms with van der Waals surface area (Å²) in [4.78, 5) is 41.3. The molecule has 33 heavy (non-hydrogen) atoms. The largest absolute Gasteiger partial charge is 0.465 e. The van der Waals surface area contributed by atoms with Crippen LogP contribution in [-0.2, 0) is 22.6 Å². The molecule has 1 aliphatic rings. The fourth-order valence-corrected chi connectivity index (χ4v) is 3.80.